The first kappa shape index (κ1) is 18.9. The van der Waals surface area contributed by atoms with Gasteiger partial charge < -0.3 is 4.57 Å². The Kier molecular flexibility index (Phi) is 5.07. The molecule has 3 nitrogen and oxygen atoms in total. The standard InChI is InChI=1S/C28H23N3/c1-22-20-24-10-8-9-15-28(24)30(22)25-18-16-23(17-19-25)21-29-31(26-11-4-2-5-12-26)27-13-6-3-7-14-27/h2-21H,1H3. The van der Waals surface area contributed by atoms with E-state index in [0.717, 1.165) is 22.6 Å². The first-order valence-corrected chi connectivity index (χ1v) is 10.4. The molecule has 5 aromatic rings. The predicted octanol–water partition coefficient (Wildman–Crippen LogP) is 7.11. The van der Waals surface area contributed by atoms with Crippen molar-refractivity contribution in [2.45, 2.75) is 6.92 Å². The molecule has 4 aromatic carbocycles. The lowest BCUT2D eigenvalue weighted by Gasteiger charge is -2.19. The molecule has 150 valence electrons. The van der Waals surface area contributed by atoms with Crippen LogP contribution in [-0.2, 0) is 0 Å². The Morgan fingerprint density at radius 1 is 0.677 bits per heavy atom. The Hall–Kier alpha value is -4.11. The Bertz CT molecular complexity index is 1280. The Balaban J connectivity index is 1.46. The van der Waals surface area contributed by atoms with Crippen LogP contribution in [0.25, 0.3) is 16.6 Å². The normalized spacial score (nSPS) is 11.3. The molecule has 0 amide bonds. The molecule has 31 heavy (non-hydrogen) atoms. The number of hydrazone groups is 1. The van der Waals surface area contributed by atoms with Gasteiger partial charge in [0.05, 0.1) is 23.1 Å². The van der Waals surface area contributed by atoms with Crippen LogP contribution in [0.3, 0.4) is 0 Å². The minimum absolute atomic E-state index is 1.02. The van der Waals surface area contributed by atoms with Gasteiger partial charge in [0.2, 0.25) is 0 Å². The molecular formula is C28H23N3. The highest BCUT2D eigenvalue weighted by Crippen LogP contribution is 2.26. The van der Waals surface area contributed by atoms with E-state index in [-0.39, 0.29) is 0 Å². The SMILES string of the molecule is Cc1cc2ccccc2n1-c1ccc(C=NN(c2ccccc2)c2ccccc2)cc1. The number of para-hydroxylation sites is 3. The van der Waals surface area contributed by atoms with Crippen molar-refractivity contribution in [3.05, 3.63) is 127 Å². The maximum Gasteiger partial charge on any atom is 0.0652 e. The van der Waals surface area contributed by atoms with Crippen molar-refractivity contribution in [3.63, 3.8) is 0 Å². The van der Waals surface area contributed by atoms with E-state index in [1.54, 1.807) is 0 Å². The van der Waals surface area contributed by atoms with Gasteiger partial charge in [0.15, 0.2) is 0 Å². The maximum atomic E-state index is 4.80. The third-order valence-corrected chi connectivity index (χ3v) is 5.37. The second-order valence-electron chi connectivity index (χ2n) is 7.50. The Morgan fingerprint density at radius 2 is 1.26 bits per heavy atom. The summed E-state index contributed by atoms with van der Waals surface area (Å²) in [6.07, 6.45) is 1.91. The van der Waals surface area contributed by atoms with Crippen molar-refractivity contribution in [1.29, 1.82) is 0 Å². The molecule has 1 aromatic heterocycles. The van der Waals surface area contributed by atoms with Crippen LogP contribution >= 0.6 is 0 Å². The molecule has 0 saturated carbocycles. The van der Waals surface area contributed by atoms with Crippen LogP contribution in [0.2, 0.25) is 0 Å². The highest BCUT2D eigenvalue weighted by atomic mass is 15.5. The third-order valence-electron chi connectivity index (χ3n) is 5.37. The van der Waals surface area contributed by atoms with Crippen LogP contribution < -0.4 is 5.01 Å². The van der Waals surface area contributed by atoms with Crippen molar-refractivity contribution in [3.8, 4) is 5.69 Å². The molecular weight excluding hydrogens is 378 g/mol. The summed E-state index contributed by atoms with van der Waals surface area (Å²) in [5.41, 5.74) is 6.70. The summed E-state index contributed by atoms with van der Waals surface area (Å²) in [6, 6.07) is 39.6. The summed E-state index contributed by atoms with van der Waals surface area (Å²) in [5.74, 6) is 0. The number of anilines is 2. The lowest BCUT2D eigenvalue weighted by molar-refractivity contribution is 1.05. The lowest BCUT2D eigenvalue weighted by Crippen LogP contribution is -2.09. The lowest BCUT2D eigenvalue weighted by atomic mass is 10.2. The van der Waals surface area contributed by atoms with E-state index in [2.05, 4.69) is 90.4 Å². The first-order valence-electron chi connectivity index (χ1n) is 10.4. The number of benzene rings is 4. The van der Waals surface area contributed by atoms with Crippen LogP contribution in [0.1, 0.15) is 11.3 Å². The number of hydrogen-bond acceptors (Lipinski definition) is 2. The van der Waals surface area contributed by atoms with Crippen LogP contribution in [0.4, 0.5) is 11.4 Å². The average Bonchev–Trinajstić information content (AvgIpc) is 3.17. The van der Waals surface area contributed by atoms with Crippen LogP contribution in [0.5, 0.6) is 0 Å². The third kappa shape index (κ3) is 3.86. The summed E-state index contributed by atoms with van der Waals surface area (Å²) in [5, 5.41) is 8.01. The molecule has 0 spiro atoms. The molecule has 0 unspecified atom stereocenters. The largest absolute Gasteiger partial charge is 0.314 e. The molecule has 0 aliphatic carbocycles. The van der Waals surface area contributed by atoms with Crippen molar-refractivity contribution < 1.29 is 0 Å². The van der Waals surface area contributed by atoms with Gasteiger partial charge in [0.25, 0.3) is 0 Å². The fraction of sp³-hybridized carbons (Fsp3) is 0.0357. The van der Waals surface area contributed by atoms with E-state index in [1.165, 1.54) is 16.6 Å². The topological polar surface area (TPSA) is 20.5 Å². The van der Waals surface area contributed by atoms with E-state index < -0.39 is 0 Å². The molecule has 3 heteroatoms. The fourth-order valence-electron chi connectivity index (χ4n) is 3.89. The van der Waals surface area contributed by atoms with Crippen molar-refractivity contribution >= 4 is 28.5 Å². The minimum atomic E-state index is 1.02. The molecule has 0 saturated heterocycles. The maximum absolute atomic E-state index is 4.80. The van der Waals surface area contributed by atoms with E-state index >= 15 is 0 Å². The van der Waals surface area contributed by atoms with Gasteiger partial charge in [0.1, 0.15) is 0 Å². The van der Waals surface area contributed by atoms with Crippen LogP contribution in [-0.4, -0.2) is 10.8 Å². The van der Waals surface area contributed by atoms with Crippen molar-refractivity contribution in [2.75, 3.05) is 5.01 Å². The van der Waals surface area contributed by atoms with Gasteiger partial charge in [-0.15, -0.1) is 0 Å². The quantitative estimate of drug-likeness (QED) is 0.227. The first-order chi connectivity index (χ1) is 15.3. The zero-order valence-corrected chi connectivity index (χ0v) is 17.4. The summed E-state index contributed by atoms with van der Waals surface area (Å²) >= 11 is 0. The Morgan fingerprint density at radius 3 is 1.90 bits per heavy atom. The number of aryl methyl sites for hydroxylation is 1. The van der Waals surface area contributed by atoms with Gasteiger partial charge in [-0.05, 0) is 61.0 Å². The molecule has 0 bridgehead atoms. The summed E-state index contributed by atoms with van der Waals surface area (Å²) in [7, 11) is 0. The van der Waals surface area contributed by atoms with Gasteiger partial charge in [-0.25, -0.2) is 5.01 Å². The fourth-order valence-corrected chi connectivity index (χ4v) is 3.89. The smallest absolute Gasteiger partial charge is 0.0652 e. The van der Waals surface area contributed by atoms with Gasteiger partial charge in [-0.1, -0.05) is 66.7 Å². The molecule has 0 aliphatic heterocycles. The number of nitrogens with zero attached hydrogens (tertiary/aromatic N) is 3. The van der Waals surface area contributed by atoms with Crippen molar-refractivity contribution in [1.82, 2.24) is 4.57 Å². The van der Waals surface area contributed by atoms with Gasteiger partial charge in [-0.3, -0.25) is 0 Å². The molecule has 5 rings (SSSR count). The number of fused-ring (bicyclic) bond motifs is 1. The van der Waals surface area contributed by atoms with E-state index in [9.17, 15) is 0 Å². The zero-order valence-electron chi connectivity index (χ0n) is 17.4. The second-order valence-corrected chi connectivity index (χ2v) is 7.50. The second kappa shape index (κ2) is 8.33. The molecule has 0 aliphatic rings. The van der Waals surface area contributed by atoms with Crippen LogP contribution in [0, 0.1) is 6.92 Å². The van der Waals surface area contributed by atoms with Gasteiger partial charge >= 0.3 is 0 Å². The summed E-state index contributed by atoms with van der Waals surface area (Å²) < 4.78 is 2.29. The Labute approximate surface area is 182 Å². The summed E-state index contributed by atoms with van der Waals surface area (Å²) in [6.45, 7) is 2.15. The average molecular weight is 402 g/mol. The van der Waals surface area contributed by atoms with Gasteiger partial charge in [-0.2, -0.15) is 5.10 Å². The van der Waals surface area contributed by atoms with Crippen LogP contribution in [0.15, 0.2) is 120 Å². The zero-order chi connectivity index (χ0) is 21.0. The predicted molar refractivity (Wildman–Crippen MR) is 131 cm³/mol. The molecule has 0 radical (unpaired) electrons. The molecule has 0 fully saturated rings. The molecule has 0 N–H and O–H groups in total. The van der Waals surface area contributed by atoms with E-state index in [4.69, 9.17) is 5.10 Å². The van der Waals surface area contributed by atoms with Crippen molar-refractivity contribution in [2.24, 2.45) is 5.10 Å². The highest BCUT2D eigenvalue weighted by molar-refractivity contribution is 5.84. The minimum Gasteiger partial charge on any atom is -0.314 e. The molecule has 0 atom stereocenters. The monoisotopic (exact) mass is 401 g/mol. The summed E-state index contributed by atoms with van der Waals surface area (Å²) in [4.78, 5) is 0. The highest BCUT2D eigenvalue weighted by Gasteiger charge is 2.08. The number of hydrogen-bond donors (Lipinski definition) is 0. The van der Waals surface area contributed by atoms with Gasteiger partial charge in [0, 0.05) is 16.8 Å². The number of aromatic nitrogens is 1. The number of rotatable bonds is 5. The van der Waals surface area contributed by atoms with E-state index in [0.29, 0.717) is 0 Å². The van der Waals surface area contributed by atoms with E-state index in [1.807, 2.05) is 47.6 Å². The molecule has 1 heterocycles.